The minimum absolute atomic E-state index is 0. The number of ether oxygens (including phenoxy) is 3. The van der Waals surface area contributed by atoms with Gasteiger partial charge in [0, 0.05) is 36.8 Å². The first-order valence-electron chi connectivity index (χ1n) is 8.12. The van der Waals surface area contributed by atoms with Gasteiger partial charge in [0.2, 0.25) is 6.79 Å². The van der Waals surface area contributed by atoms with E-state index in [1.165, 1.54) is 6.07 Å². The Bertz CT molecular complexity index is 840. The lowest BCUT2D eigenvalue weighted by atomic mass is 10.1. The number of halogens is 4. The Labute approximate surface area is 183 Å². The van der Waals surface area contributed by atoms with Crippen LogP contribution in [0.1, 0.15) is 11.1 Å². The van der Waals surface area contributed by atoms with E-state index >= 15 is 0 Å². The van der Waals surface area contributed by atoms with Crippen molar-refractivity contribution in [2.45, 2.75) is 19.7 Å². The van der Waals surface area contributed by atoms with Gasteiger partial charge < -0.3 is 24.8 Å². The molecule has 3 rings (SSSR count). The van der Waals surface area contributed by atoms with Crippen molar-refractivity contribution >= 4 is 41.5 Å². The molecule has 0 fully saturated rings. The van der Waals surface area contributed by atoms with Crippen molar-refractivity contribution in [1.82, 2.24) is 10.6 Å². The number of benzene rings is 2. The van der Waals surface area contributed by atoms with Crippen LogP contribution in [-0.2, 0) is 13.1 Å². The number of guanidine groups is 1. The fraction of sp³-hybridized carbons (Fsp3) is 0.278. The third-order valence-electron chi connectivity index (χ3n) is 3.85. The SMILES string of the molecule is CN=C(NCc1ccccc1Cl)NCc1cc2c(cc1OC(F)F)OCO2.I. The summed E-state index contributed by atoms with van der Waals surface area (Å²) in [7, 11) is 1.61. The number of nitrogens with one attached hydrogen (secondary N) is 2. The molecular formula is C18H19ClF2IN3O3. The van der Waals surface area contributed by atoms with Gasteiger partial charge in [0.1, 0.15) is 5.75 Å². The molecule has 0 atom stereocenters. The summed E-state index contributed by atoms with van der Waals surface area (Å²) in [6.45, 7) is -2.25. The van der Waals surface area contributed by atoms with E-state index in [4.69, 9.17) is 21.1 Å². The van der Waals surface area contributed by atoms with Gasteiger partial charge in [-0.2, -0.15) is 8.78 Å². The highest BCUT2D eigenvalue weighted by atomic mass is 127. The maximum Gasteiger partial charge on any atom is 0.387 e. The molecule has 0 aliphatic carbocycles. The molecule has 2 aromatic carbocycles. The summed E-state index contributed by atoms with van der Waals surface area (Å²) in [5.41, 5.74) is 1.40. The van der Waals surface area contributed by atoms with Crippen LogP contribution in [0.2, 0.25) is 5.02 Å². The molecule has 1 heterocycles. The van der Waals surface area contributed by atoms with Gasteiger partial charge in [-0.25, -0.2) is 0 Å². The molecule has 10 heteroatoms. The second kappa shape index (κ2) is 10.5. The van der Waals surface area contributed by atoms with Gasteiger partial charge in [0.25, 0.3) is 0 Å². The largest absolute Gasteiger partial charge is 0.454 e. The molecule has 2 N–H and O–H groups in total. The van der Waals surface area contributed by atoms with E-state index in [0.29, 0.717) is 34.6 Å². The van der Waals surface area contributed by atoms with Crippen LogP contribution in [0.3, 0.4) is 0 Å². The first kappa shape index (κ1) is 22.3. The lowest BCUT2D eigenvalue weighted by Gasteiger charge is -2.15. The average Bonchev–Trinajstić information content (AvgIpc) is 3.09. The maximum atomic E-state index is 12.7. The molecule has 0 spiro atoms. The zero-order valence-corrected chi connectivity index (χ0v) is 18.0. The fourth-order valence-corrected chi connectivity index (χ4v) is 2.73. The summed E-state index contributed by atoms with van der Waals surface area (Å²) in [6.07, 6.45) is 0. The van der Waals surface area contributed by atoms with Crippen molar-refractivity contribution in [3.05, 3.63) is 52.5 Å². The molecule has 6 nitrogen and oxygen atoms in total. The highest BCUT2D eigenvalue weighted by molar-refractivity contribution is 14.0. The van der Waals surface area contributed by atoms with Crippen LogP contribution in [0.25, 0.3) is 0 Å². The molecule has 2 aromatic rings. The summed E-state index contributed by atoms with van der Waals surface area (Å²) in [5.74, 6) is 1.35. The molecule has 28 heavy (non-hydrogen) atoms. The van der Waals surface area contributed by atoms with Crippen LogP contribution in [0, 0.1) is 0 Å². The Balaban J connectivity index is 0.00000280. The fourth-order valence-electron chi connectivity index (χ4n) is 2.53. The van der Waals surface area contributed by atoms with Crippen molar-refractivity contribution in [1.29, 1.82) is 0 Å². The van der Waals surface area contributed by atoms with Crippen LogP contribution in [-0.4, -0.2) is 26.4 Å². The quantitative estimate of drug-likeness (QED) is 0.337. The highest BCUT2D eigenvalue weighted by Gasteiger charge is 2.20. The minimum Gasteiger partial charge on any atom is -0.454 e. The highest BCUT2D eigenvalue weighted by Crippen LogP contribution is 2.38. The standard InChI is InChI=1S/C18H18ClF2N3O3.HI/c1-22-18(23-8-11-4-2-3-5-13(11)19)24-9-12-6-15-16(26-10-25-15)7-14(12)27-17(20)21;/h2-7,17H,8-10H2,1H3,(H2,22,23,24);1H. The van der Waals surface area contributed by atoms with E-state index in [9.17, 15) is 8.78 Å². The predicted octanol–water partition coefficient (Wildman–Crippen LogP) is 4.15. The monoisotopic (exact) mass is 525 g/mol. The zero-order valence-electron chi connectivity index (χ0n) is 14.9. The Morgan fingerprint density at radius 2 is 1.79 bits per heavy atom. The molecular weight excluding hydrogens is 507 g/mol. The maximum absolute atomic E-state index is 12.7. The van der Waals surface area contributed by atoms with Gasteiger partial charge >= 0.3 is 6.61 Å². The van der Waals surface area contributed by atoms with Gasteiger partial charge in [-0.1, -0.05) is 29.8 Å². The van der Waals surface area contributed by atoms with Crippen molar-refractivity contribution < 1.29 is 23.0 Å². The van der Waals surface area contributed by atoms with Crippen LogP contribution >= 0.6 is 35.6 Å². The molecule has 0 aromatic heterocycles. The van der Waals surface area contributed by atoms with Crippen LogP contribution in [0.15, 0.2) is 41.4 Å². The van der Waals surface area contributed by atoms with E-state index in [1.54, 1.807) is 19.2 Å². The summed E-state index contributed by atoms with van der Waals surface area (Å²) >= 11 is 6.13. The van der Waals surface area contributed by atoms with Crippen LogP contribution in [0.4, 0.5) is 8.78 Å². The smallest absolute Gasteiger partial charge is 0.387 e. The zero-order chi connectivity index (χ0) is 19.2. The normalized spacial score (nSPS) is 12.5. The van der Waals surface area contributed by atoms with Gasteiger partial charge in [0.15, 0.2) is 17.5 Å². The molecule has 0 saturated heterocycles. The van der Waals surface area contributed by atoms with Crippen molar-refractivity contribution in [2.24, 2.45) is 4.99 Å². The number of fused-ring (bicyclic) bond motifs is 1. The molecule has 0 amide bonds. The van der Waals surface area contributed by atoms with Crippen LogP contribution in [0.5, 0.6) is 17.2 Å². The van der Waals surface area contributed by atoms with E-state index in [1.807, 2.05) is 18.2 Å². The molecule has 0 unspecified atom stereocenters. The minimum atomic E-state index is -2.94. The number of alkyl halides is 2. The summed E-state index contributed by atoms with van der Waals surface area (Å²) in [4.78, 5) is 4.12. The van der Waals surface area contributed by atoms with E-state index in [0.717, 1.165) is 5.56 Å². The van der Waals surface area contributed by atoms with Gasteiger partial charge in [-0.15, -0.1) is 24.0 Å². The molecule has 152 valence electrons. The van der Waals surface area contributed by atoms with E-state index < -0.39 is 6.61 Å². The number of rotatable bonds is 6. The van der Waals surface area contributed by atoms with Crippen molar-refractivity contribution in [3.8, 4) is 17.2 Å². The van der Waals surface area contributed by atoms with Crippen LogP contribution < -0.4 is 24.8 Å². The third kappa shape index (κ3) is 5.74. The van der Waals surface area contributed by atoms with Crippen molar-refractivity contribution in [2.75, 3.05) is 13.8 Å². The summed E-state index contributed by atoms with van der Waals surface area (Å²) in [5, 5.41) is 6.82. The lowest BCUT2D eigenvalue weighted by molar-refractivity contribution is -0.0505. The molecule has 0 bridgehead atoms. The predicted molar refractivity (Wildman–Crippen MR) is 113 cm³/mol. The summed E-state index contributed by atoms with van der Waals surface area (Å²) < 4.78 is 40.5. The first-order chi connectivity index (χ1) is 13.1. The topological polar surface area (TPSA) is 64.1 Å². The number of nitrogens with zero attached hydrogens (tertiary/aromatic N) is 1. The second-order valence-electron chi connectivity index (χ2n) is 5.56. The van der Waals surface area contributed by atoms with E-state index in [-0.39, 0.29) is 43.1 Å². The van der Waals surface area contributed by atoms with E-state index in [2.05, 4.69) is 20.4 Å². The second-order valence-corrected chi connectivity index (χ2v) is 5.97. The molecule has 0 radical (unpaired) electrons. The molecule has 0 saturated carbocycles. The summed E-state index contributed by atoms with van der Waals surface area (Å²) in [6, 6.07) is 10.4. The number of hydrogen-bond acceptors (Lipinski definition) is 4. The Hall–Kier alpha value is -2.01. The third-order valence-corrected chi connectivity index (χ3v) is 4.21. The number of aliphatic imine (C=N–C) groups is 1. The Morgan fingerprint density at radius 1 is 1.14 bits per heavy atom. The van der Waals surface area contributed by atoms with Gasteiger partial charge in [-0.05, 0) is 17.7 Å². The lowest BCUT2D eigenvalue weighted by Crippen LogP contribution is -2.36. The first-order valence-corrected chi connectivity index (χ1v) is 8.50. The van der Waals surface area contributed by atoms with Crippen molar-refractivity contribution in [3.63, 3.8) is 0 Å². The van der Waals surface area contributed by atoms with Gasteiger partial charge in [0.05, 0.1) is 0 Å². The number of hydrogen-bond donors (Lipinski definition) is 2. The van der Waals surface area contributed by atoms with Gasteiger partial charge in [-0.3, -0.25) is 4.99 Å². The Kier molecular flexibility index (Phi) is 8.36. The average molecular weight is 526 g/mol. The molecule has 1 aliphatic rings. The molecule has 1 aliphatic heterocycles. The Morgan fingerprint density at radius 3 is 2.43 bits per heavy atom.